The van der Waals surface area contributed by atoms with Crippen LogP contribution >= 0.6 is 0 Å². The Morgan fingerprint density at radius 2 is 1.79 bits per heavy atom. The van der Waals surface area contributed by atoms with Crippen LogP contribution in [-0.2, 0) is 19.4 Å². The van der Waals surface area contributed by atoms with Gasteiger partial charge in [0.2, 0.25) is 0 Å². The average molecular weight is 419 g/mol. The summed E-state index contributed by atoms with van der Waals surface area (Å²) >= 11 is 0. The van der Waals surface area contributed by atoms with Gasteiger partial charge >= 0.3 is 0 Å². The summed E-state index contributed by atoms with van der Waals surface area (Å²) in [5.41, 5.74) is 1.02. The molecule has 0 amide bonds. The van der Waals surface area contributed by atoms with Gasteiger partial charge in [-0.15, -0.1) is 0 Å². The molecule has 0 saturated carbocycles. The van der Waals surface area contributed by atoms with Gasteiger partial charge in [-0.1, -0.05) is 58.5 Å². The van der Waals surface area contributed by atoms with Crippen molar-refractivity contribution in [2.24, 2.45) is 17.8 Å². The van der Waals surface area contributed by atoms with Gasteiger partial charge in [0.25, 0.3) is 0 Å². The van der Waals surface area contributed by atoms with E-state index in [-0.39, 0.29) is 35.9 Å². The van der Waals surface area contributed by atoms with E-state index in [1.54, 1.807) is 37.3 Å². The molecule has 1 saturated heterocycles. The van der Waals surface area contributed by atoms with Crippen molar-refractivity contribution in [3.63, 3.8) is 0 Å². The monoisotopic (exact) mass is 418 g/mol. The second-order valence-corrected chi connectivity index (χ2v) is 10.5. The van der Waals surface area contributed by atoms with Crippen LogP contribution in [0.3, 0.4) is 0 Å². The molecular formula is C24H34O4S. The quantitative estimate of drug-likeness (QED) is 0.396. The highest BCUT2D eigenvalue weighted by Gasteiger charge is 2.44. The molecule has 0 radical (unpaired) electrons. The Morgan fingerprint density at radius 1 is 1.17 bits per heavy atom. The van der Waals surface area contributed by atoms with Crippen LogP contribution in [0.4, 0.5) is 0 Å². The first-order chi connectivity index (χ1) is 13.6. The third-order valence-electron chi connectivity index (χ3n) is 6.17. The van der Waals surface area contributed by atoms with Crippen LogP contribution in [0, 0.1) is 17.8 Å². The minimum atomic E-state index is -3.47. The first kappa shape index (κ1) is 23.6. The van der Waals surface area contributed by atoms with Gasteiger partial charge in [0, 0.05) is 17.9 Å². The molecule has 1 heterocycles. The van der Waals surface area contributed by atoms with Gasteiger partial charge in [-0.2, -0.15) is 0 Å². The van der Waals surface area contributed by atoms with E-state index in [0.717, 1.165) is 12.8 Å². The van der Waals surface area contributed by atoms with Crippen LogP contribution in [0.2, 0.25) is 0 Å². The summed E-state index contributed by atoms with van der Waals surface area (Å²) < 4.78 is 32.3. The van der Waals surface area contributed by atoms with Crippen molar-refractivity contribution >= 4 is 15.6 Å². The van der Waals surface area contributed by atoms with Crippen molar-refractivity contribution < 1.29 is 17.9 Å². The SMILES string of the molecule is C=C(C)C(=C)C(=O)C[C@@H]1O[C@H](C[C@H](C)CC)[C@H](C)[C@H]1CS(=O)(=O)c1ccccc1. The molecule has 1 aliphatic rings. The summed E-state index contributed by atoms with van der Waals surface area (Å²) in [6, 6.07) is 8.49. The predicted octanol–water partition coefficient (Wildman–Crippen LogP) is 5.01. The maximum atomic E-state index is 13.0. The standard InChI is InChI=1S/C24H34O4S/c1-7-17(4)13-23-19(6)21(15-29(26,27)20-11-9-8-10-12-20)24(28-23)14-22(25)18(5)16(2)3/h8-12,17,19,21,23-24H,2,5,7,13-15H2,1,3-4,6H3/t17-,19-,21-,23-,24+/m1/s1. The zero-order valence-electron chi connectivity index (χ0n) is 18.1. The molecule has 4 nitrogen and oxygen atoms in total. The van der Waals surface area contributed by atoms with E-state index in [9.17, 15) is 13.2 Å². The molecular weight excluding hydrogens is 384 g/mol. The van der Waals surface area contributed by atoms with Crippen molar-refractivity contribution in [3.05, 3.63) is 54.6 Å². The van der Waals surface area contributed by atoms with Gasteiger partial charge in [-0.05, 0) is 42.9 Å². The largest absolute Gasteiger partial charge is 0.374 e. The second kappa shape index (κ2) is 9.86. The summed E-state index contributed by atoms with van der Waals surface area (Å²) in [6.45, 7) is 15.7. The number of ketones is 1. The van der Waals surface area contributed by atoms with Crippen LogP contribution < -0.4 is 0 Å². The summed E-state index contributed by atoms with van der Waals surface area (Å²) in [7, 11) is -3.47. The number of benzene rings is 1. The molecule has 2 rings (SSSR count). The number of sulfone groups is 1. The maximum absolute atomic E-state index is 13.0. The second-order valence-electron chi connectivity index (χ2n) is 8.47. The fourth-order valence-electron chi connectivity index (χ4n) is 3.88. The van der Waals surface area contributed by atoms with Crippen molar-refractivity contribution in [2.75, 3.05) is 5.75 Å². The third kappa shape index (κ3) is 5.89. The Labute approximate surface area is 176 Å². The number of carbonyl (C=O) groups is 1. The van der Waals surface area contributed by atoms with Crippen molar-refractivity contribution in [3.8, 4) is 0 Å². The summed E-state index contributed by atoms with van der Waals surface area (Å²) in [5, 5.41) is 0. The lowest BCUT2D eigenvalue weighted by Crippen LogP contribution is -2.30. The molecule has 5 heteroatoms. The van der Waals surface area contributed by atoms with Crippen LogP contribution in [0.15, 0.2) is 59.5 Å². The molecule has 1 aromatic rings. The fraction of sp³-hybridized carbons (Fsp3) is 0.542. The van der Waals surface area contributed by atoms with Gasteiger partial charge in [-0.3, -0.25) is 4.79 Å². The van der Waals surface area contributed by atoms with Crippen LogP contribution in [0.5, 0.6) is 0 Å². The van der Waals surface area contributed by atoms with Crippen LogP contribution in [0.25, 0.3) is 0 Å². The van der Waals surface area contributed by atoms with E-state index < -0.39 is 15.9 Å². The lowest BCUT2D eigenvalue weighted by molar-refractivity contribution is -0.118. The first-order valence-corrected chi connectivity index (χ1v) is 12.0. The number of hydrogen-bond acceptors (Lipinski definition) is 4. The van der Waals surface area contributed by atoms with Gasteiger partial charge < -0.3 is 4.74 Å². The van der Waals surface area contributed by atoms with Crippen LogP contribution in [-0.4, -0.2) is 32.2 Å². The van der Waals surface area contributed by atoms with Crippen molar-refractivity contribution in [1.29, 1.82) is 0 Å². The normalized spacial score (nSPS) is 25.5. The number of ether oxygens (including phenoxy) is 1. The topological polar surface area (TPSA) is 60.4 Å². The number of hydrogen-bond donors (Lipinski definition) is 0. The summed E-state index contributed by atoms with van der Waals surface area (Å²) in [4.78, 5) is 12.9. The number of Topliss-reactive ketones (excluding diaryl/α,β-unsaturated/α-hetero) is 1. The summed E-state index contributed by atoms with van der Waals surface area (Å²) in [5.74, 6) is 0.149. The first-order valence-electron chi connectivity index (χ1n) is 10.4. The minimum absolute atomic E-state index is 0.0212. The van der Waals surface area contributed by atoms with E-state index >= 15 is 0 Å². The third-order valence-corrected chi connectivity index (χ3v) is 7.99. The zero-order valence-corrected chi connectivity index (χ0v) is 18.9. The molecule has 0 aliphatic carbocycles. The Morgan fingerprint density at radius 3 is 2.34 bits per heavy atom. The van der Waals surface area contributed by atoms with E-state index in [0.29, 0.717) is 22.0 Å². The predicted molar refractivity (Wildman–Crippen MR) is 117 cm³/mol. The molecule has 29 heavy (non-hydrogen) atoms. The maximum Gasteiger partial charge on any atom is 0.178 e. The van der Waals surface area contributed by atoms with E-state index in [2.05, 4.69) is 33.9 Å². The molecule has 0 unspecified atom stereocenters. The van der Waals surface area contributed by atoms with Gasteiger partial charge in [-0.25, -0.2) is 8.42 Å². The highest BCUT2D eigenvalue weighted by molar-refractivity contribution is 7.91. The lowest BCUT2D eigenvalue weighted by atomic mass is 9.84. The molecule has 160 valence electrons. The average Bonchev–Trinajstić information content (AvgIpc) is 2.96. The summed E-state index contributed by atoms with van der Waals surface area (Å²) in [6.07, 6.45) is 1.57. The molecule has 1 aromatic carbocycles. The van der Waals surface area contributed by atoms with E-state index in [1.807, 2.05) is 0 Å². The van der Waals surface area contributed by atoms with E-state index in [1.165, 1.54) is 0 Å². The lowest BCUT2D eigenvalue weighted by Gasteiger charge is -2.22. The molecule has 0 bridgehead atoms. The van der Waals surface area contributed by atoms with Gasteiger partial charge in [0.05, 0.1) is 22.9 Å². The van der Waals surface area contributed by atoms with Gasteiger partial charge in [0.15, 0.2) is 15.6 Å². The Bertz CT molecular complexity index is 841. The molecule has 1 fully saturated rings. The molecule has 0 spiro atoms. The Kier molecular flexibility index (Phi) is 8.01. The molecule has 5 atom stereocenters. The molecule has 1 aliphatic heterocycles. The number of rotatable bonds is 10. The Hall–Kier alpha value is -1.72. The number of carbonyl (C=O) groups excluding carboxylic acids is 1. The minimum Gasteiger partial charge on any atom is -0.374 e. The number of allylic oxidation sites excluding steroid dienone is 2. The van der Waals surface area contributed by atoms with Crippen molar-refractivity contribution in [1.82, 2.24) is 0 Å². The highest BCUT2D eigenvalue weighted by atomic mass is 32.2. The Balaban J connectivity index is 2.26. The van der Waals surface area contributed by atoms with E-state index in [4.69, 9.17) is 4.74 Å². The molecule has 0 aromatic heterocycles. The van der Waals surface area contributed by atoms with Crippen molar-refractivity contribution in [2.45, 2.75) is 64.1 Å². The highest BCUT2D eigenvalue weighted by Crippen LogP contribution is 2.39. The van der Waals surface area contributed by atoms with Gasteiger partial charge in [0.1, 0.15) is 0 Å². The fourth-order valence-corrected chi connectivity index (χ4v) is 5.67. The molecule has 0 N–H and O–H groups in total. The zero-order chi connectivity index (χ0) is 21.8. The smallest absolute Gasteiger partial charge is 0.178 e. The van der Waals surface area contributed by atoms with Crippen LogP contribution in [0.1, 0.15) is 47.0 Å².